The van der Waals surface area contributed by atoms with Crippen molar-refractivity contribution in [1.29, 1.82) is 0 Å². The summed E-state index contributed by atoms with van der Waals surface area (Å²) in [5.41, 5.74) is 1.62. The molecular formula is C25H36FNO2S. The normalized spacial score (nSPS) is 17.4. The lowest BCUT2D eigenvalue weighted by molar-refractivity contribution is 0.0981. The average molecular weight is 434 g/mol. The van der Waals surface area contributed by atoms with Gasteiger partial charge < -0.3 is 4.18 Å². The molecule has 1 unspecified atom stereocenters. The minimum atomic E-state index is -1.27. The Morgan fingerprint density at radius 2 is 1.57 bits per heavy atom. The van der Waals surface area contributed by atoms with E-state index >= 15 is 0 Å². The molecule has 1 atom stereocenters. The van der Waals surface area contributed by atoms with Gasteiger partial charge in [0.1, 0.15) is 11.9 Å². The zero-order valence-electron chi connectivity index (χ0n) is 19.1. The molecule has 0 saturated heterocycles. The van der Waals surface area contributed by atoms with E-state index in [1.54, 1.807) is 24.4 Å². The first-order valence-electron chi connectivity index (χ1n) is 10.9. The molecule has 1 aromatic carbocycles. The van der Waals surface area contributed by atoms with E-state index in [9.17, 15) is 9.18 Å². The van der Waals surface area contributed by atoms with Crippen LogP contribution in [0.4, 0.5) is 4.39 Å². The molecule has 1 aliphatic rings. The molecule has 0 amide bonds. The molecule has 1 aliphatic carbocycles. The predicted octanol–water partition coefficient (Wildman–Crippen LogP) is 7.28. The summed E-state index contributed by atoms with van der Waals surface area (Å²) in [5.74, 6) is 0.0286. The third-order valence-electron chi connectivity index (χ3n) is 5.54. The molecule has 2 aromatic rings. The standard InChI is InChI=1S/C19H31NO2S.C6H5F/c1-13(2)23(14(3)4,15(5)6)22-18-11-7-10-17(21)16-9-8-12-20-19(16)18;7-6-4-2-1-3-5-6/h8-9,12-15,18H,7,10-11H2,1-6H3;1-5H. The van der Waals surface area contributed by atoms with Gasteiger partial charge in [0.15, 0.2) is 5.78 Å². The number of carbonyl (C=O) groups excluding carboxylic acids is 1. The second-order valence-electron chi connectivity index (χ2n) is 8.48. The zero-order valence-corrected chi connectivity index (χ0v) is 19.9. The number of ketones is 1. The fourth-order valence-corrected chi connectivity index (χ4v) is 8.83. The molecule has 30 heavy (non-hydrogen) atoms. The van der Waals surface area contributed by atoms with Gasteiger partial charge in [0.2, 0.25) is 0 Å². The Balaban J connectivity index is 0.000000386. The summed E-state index contributed by atoms with van der Waals surface area (Å²) in [4.78, 5) is 16.9. The van der Waals surface area contributed by atoms with Gasteiger partial charge in [-0.15, -0.1) is 10.3 Å². The minimum Gasteiger partial charge on any atom is -0.326 e. The topological polar surface area (TPSA) is 39.2 Å². The number of nitrogens with zero attached hydrogens (tertiary/aromatic N) is 1. The van der Waals surface area contributed by atoms with Gasteiger partial charge in [-0.05, 0) is 37.1 Å². The molecule has 0 spiro atoms. The number of carbonyl (C=O) groups is 1. The SMILES string of the molecule is CC(C)S(OC1CCCC(=O)c2cccnc21)(C(C)C)C(C)C.Fc1ccccc1. The van der Waals surface area contributed by atoms with Crippen LogP contribution in [-0.4, -0.2) is 26.5 Å². The van der Waals surface area contributed by atoms with Crippen LogP contribution in [-0.2, 0) is 4.18 Å². The lowest BCUT2D eigenvalue weighted by Gasteiger charge is -2.52. The molecule has 3 rings (SSSR count). The summed E-state index contributed by atoms with van der Waals surface area (Å²) in [6, 6.07) is 11.7. The number of benzene rings is 1. The fourth-order valence-electron chi connectivity index (χ4n) is 4.31. The third kappa shape index (κ3) is 5.70. The van der Waals surface area contributed by atoms with E-state index in [4.69, 9.17) is 4.18 Å². The van der Waals surface area contributed by atoms with E-state index < -0.39 is 10.3 Å². The predicted molar refractivity (Wildman–Crippen MR) is 126 cm³/mol. The third-order valence-corrected chi connectivity index (χ3v) is 10.5. The first kappa shape index (κ1) is 24.5. The molecule has 0 bridgehead atoms. The monoisotopic (exact) mass is 433 g/mol. The van der Waals surface area contributed by atoms with Crippen molar-refractivity contribution in [3.05, 3.63) is 65.7 Å². The highest BCUT2D eigenvalue weighted by Gasteiger charge is 2.40. The maximum atomic E-state index is 12.3. The Labute approximate surface area is 183 Å². The summed E-state index contributed by atoms with van der Waals surface area (Å²) in [6.45, 7) is 13.6. The molecule has 1 heterocycles. The average Bonchev–Trinajstić information content (AvgIpc) is 2.85. The Morgan fingerprint density at radius 1 is 0.967 bits per heavy atom. The lowest BCUT2D eigenvalue weighted by Crippen LogP contribution is -2.32. The highest BCUT2D eigenvalue weighted by Crippen LogP contribution is 2.64. The van der Waals surface area contributed by atoms with Crippen molar-refractivity contribution in [3.8, 4) is 0 Å². The van der Waals surface area contributed by atoms with Gasteiger partial charge in [0.25, 0.3) is 0 Å². The van der Waals surface area contributed by atoms with Gasteiger partial charge in [-0.25, -0.2) is 4.39 Å². The van der Waals surface area contributed by atoms with Gasteiger partial charge >= 0.3 is 0 Å². The number of pyridine rings is 1. The van der Waals surface area contributed by atoms with Crippen molar-refractivity contribution in [2.75, 3.05) is 0 Å². The van der Waals surface area contributed by atoms with Gasteiger partial charge in [-0.2, -0.15) is 0 Å². The summed E-state index contributed by atoms with van der Waals surface area (Å²) >= 11 is 0. The van der Waals surface area contributed by atoms with Crippen LogP contribution in [0.5, 0.6) is 0 Å². The Kier molecular flexibility index (Phi) is 9.05. The molecule has 0 N–H and O–H groups in total. The van der Waals surface area contributed by atoms with Gasteiger partial charge in [-0.1, -0.05) is 59.7 Å². The van der Waals surface area contributed by atoms with Crippen molar-refractivity contribution >= 4 is 16.1 Å². The first-order chi connectivity index (χ1) is 14.2. The molecule has 0 aliphatic heterocycles. The minimum absolute atomic E-state index is 0.0557. The summed E-state index contributed by atoms with van der Waals surface area (Å²) in [7, 11) is -1.27. The summed E-state index contributed by atoms with van der Waals surface area (Å²) in [5, 5.41) is 1.44. The van der Waals surface area contributed by atoms with E-state index in [2.05, 4.69) is 46.5 Å². The van der Waals surface area contributed by atoms with Crippen molar-refractivity contribution in [3.63, 3.8) is 0 Å². The number of fused-ring (bicyclic) bond motifs is 1. The van der Waals surface area contributed by atoms with Crippen LogP contribution in [0.15, 0.2) is 48.7 Å². The highest BCUT2D eigenvalue weighted by molar-refractivity contribution is 8.31. The molecule has 166 valence electrons. The summed E-state index contributed by atoms with van der Waals surface area (Å²) in [6.07, 6.45) is 4.09. The first-order valence-corrected chi connectivity index (χ1v) is 12.6. The Hall–Kier alpha value is -1.72. The van der Waals surface area contributed by atoms with E-state index in [0.717, 1.165) is 24.1 Å². The van der Waals surface area contributed by atoms with E-state index in [1.165, 1.54) is 12.1 Å². The number of rotatable bonds is 5. The van der Waals surface area contributed by atoms with Crippen LogP contribution in [0.3, 0.4) is 0 Å². The smallest absolute Gasteiger partial charge is 0.164 e. The molecule has 0 saturated carbocycles. The van der Waals surface area contributed by atoms with Crippen LogP contribution in [0, 0.1) is 5.82 Å². The van der Waals surface area contributed by atoms with Crippen molar-refractivity contribution < 1.29 is 13.4 Å². The fraction of sp³-hybridized carbons (Fsp3) is 0.520. The second-order valence-corrected chi connectivity index (χ2v) is 12.9. The van der Waals surface area contributed by atoms with Gasteiger partial charge in [0, 0.05) is 33.9 Å². The quantitative estimate of drug-likeness (QED) is 0.465. The number of aromatic nitrogens is 1. The zero-order chi connectivity index (χ0) is 22.3. The molecule has 0 radical (unpaired) electrons. The van der Waals surface area contributed by atoms with Crippen molar-refractivity contribution in [2.45, 2.75) is 82.7 Å². The maximum Gasteiger partial charge on any atom is 0.164 e. The van der Waals surface area contributed by atoms with Crippen molar-refractivity contribution in [2.24, 2.45) is 0 Å². The van der Waals surface area contributed by atoms with Crippen LogP contribution < -0.4 is 0 Å². The largest absolute Gasteiger partial charge is 0.326 e. The van der Waals surface area contributed by atoms with Crippen LogP contribution in [0.25, 0.3) is 0 Å². The van der Waals surface area contributed by atoms with Crippen molar-refractivity contribution in [1.82, 2.24) is 4.98 Å². The number of halogens is 1. The van der Waals surface area contributed by atoms with Crippen LogP contribution >= 0.6 is 10.3 Å². The lowest BCUT2D eigenvalue weighted by atomic mass is 10.1. The highest BCUT2D eigenvalue weighted by atomic mass is 32.3. The summed E-state index contributed by atoms with van der Waals surface area (Å²) < 4.78 is 18.8. The molecular weight excluding hydrogens is 397 g/mol. The maximum absolute atomic E-state index is 12.3. The Bertz CT molecular complexity index is 786. The number of hydrogen-bond acceptors (Lipinski definition) is 3. The molecule has 0 fully saturated rings. The van der Waals surface area contributed by atoms with Crippen LogP contribution in [0.2, 0.25) is 0 Å². The van der Waals surface area contributed by atoms with Gasteiger partial charge in [-0.3, -0.25) is 9.78 Å². The molecule has 1 aromatic heterocycles. The second kappa shape index (κ2) is 11.1. The van der Waals surface area contributed by atoms with E-state index in [0.29, 0.717) is 22.2 Å². The molecule has 3 nitrogen and oxygen atoms in total. The molecule has 5 heteroatoms. The van der Waals surface area contributed by atoms with Gasteiger partial charge in [0.05, 0.1) is 5.69 Å². The number of hydrogen-bond donors (Lipinski definition) is 0. The van der Waals surface area contributed by atoms with E-state index in [1.807, 2.05) is 12.1 Å². The Morgan fingerprint density at radius 3 is 2.07 bits per heavy atom. The number of Topliss-reactive ketones (excluding diaryl/α,β-unsaturated/α-hetero) is 1. The van der Waals surface area contributed by atoms with Crippen LogP contribution in [0.1, 0.15) is 83.0 Å². The van der Waals surface area contributed by atoms with E-state index in [-0.39, 0.29) is 17.7 Å².